The minimum atomic E-state index is -0.185. The molecule has 0 aliphatic carbocycles. The van der Waals surface area contributed by atoms with Crippen LogP contribution < -0.4 is 21.9 Å². The topological polar surface area (TPSA) is 113 Å². The third-order valence-electron chi connectivity index (χ3n) is 6.18. The summed E-state index contributed by atoms with van der Waals surface area (Å²) in [6.07, 6.45) is 4.29. The molecule has 7 heteroatoms. The smallest absolute Gasteiger partial charge is 0.256 e. The molecule has 0 atom stereocenters. The van der Waals surface area contributed by atoms with Gasteiger partial charge in [0.05, 0.1) is 5.69 Å². The number of aromatic nitrogens is 2. The summed E-state index contributed by atoms with van der Waals surface area (Å²) in [5, 5.41) is 6.40. The molecule has 3 aromatic carbocycles. The zero-order chi connectivity index (χ0) is 25.9. The molecule has 4 aromatic rings. The van der Waals surface area contributed by atoms with E-state index in [1.807, 2.05) is 60.7 Å². The molecule has 1 amide bonds. The van der Waals surface area contributed by atoms with Gasteiger partial charge in [0, 0.05) is 35.5 Å². The van der Waals surface area contributed by atoms with E-state index in [1.54, 1.807) is 0 Å². The molecule has 7 nitrogen and oxygen atoms in total. The van der Waals surface area contributed by atoms with E-state index >= 15 is 0 Å². The van der Waals surface area contributed by atoms with Gasteiger partial charge in [0.2, 0.25) is 5.95 Å². The zero-order valence-corrected chi connectivity index (χ0v) is 20.9. The normalized spacial score (nSPS) is 10.7. The summed E-state index contributed by atoms with van der Waals surface area (Å²) >= 11 is 0. The molecular weight excluding hydrogens is 462 g/mol. The summed E-state index contributed by atoms with van der Waals surface area (Å²) in [5.41, 5.74) is 10.8. The number of amides is 1. The van der Waals surface area contributed by atoms with Crippen molar-refractivity contribution < 1.29 is 4.79 Å². The number of H-pyrrole nitrogens is 1. The van der Waals surface area contributed by atoms with E-state index in [2.05, 4.69) is 44.9 Å². The van der Waals surface area contributed by atoms with Crippen LogP contribution in [0.25, 0.3) is 11.3 Å². The van der Waals surface area contributed by atoms with Gasteiger partial charge in [0.15, 0.2) is 0 Å². The molecule has 0 saturated carbocycles. The number of unbranched alkanes of at least 4 members (excludes halogenated alkanes) is 1. The van der Waals surface area contributed by atoms with Crippen molar-refractivity contribution in [2.75, 3.05) is 24.1 Å². The lowest BCUT2D eigenvalue weighted by Crippen LogP contribution is -2.24. The molecule has 0 spiro atoms. The van der Waals surface area contributed by atoms with Gasteiger partial charge in [-0.3, -0.25) is 14.6 Å². The van der Waals surface area contributed by atoms with Crippen LogP contribution >= 0.6 is 0 Å². The standard InChI is InChI=1S/C30H33N5O2/c31-30-34-27(23-11-3-1-4-12-23)26(29(37)35-30)15-9-21-32-25-18-16-22(17-19-25)10-7-8-20-33-28(36)24-13-5-2-6-14-24/h1-6,11-14,16-19,32H,7-10,15,20-21H2,(H,33,36)(H3,31,34,35,37). The van der Waals surface area contributed by atoms with Crippen molar-refractivity contribution in [1.82, 2.24) is 15.3 Å². The highest BCUT2D eigenvalue weighted by molar-refractivity contribution is 5.94. The number of aryl methyl sites for hydroxylation is 1. The molecule has 0 bridgehead atoms. The Morgan fingerprint density at radius 1 is 0.811 bits per heavy atom. The van der Waals surface area contributed by atoms with Gasteiger partial charge < -0.3 is 16.4 Å². The maximum atomic E-state index is 12.5. The predicted molar refractivity (Wildman–Crippen MR) is 150 cm³/mol. The number of hydrogen-bond donors (Lipinski definition) is 4. The first-order chi connectivity index (χ1) is 18.1. The summed E-state index contributed by atoms with van der Waals surface area (Å²) < 4.78 is 0. The maximum Gasteiger partial charge on any atom is 0.256 e. The van der Waals surface area contributed by atoms with E-state index in [1.165, 1.54) is 5.56 Å². The van der Waals surface area contributed by atoms with Crippen LogP contribution in [-0.4, -0.2) is 29.0 Å². The maximum absolute atomic E-state index is 12.5. The van der Waals surface area contributed by atoms with Gasteiger partial charge >= 0.3 is 0 Å². The number of benzene rings is 3. The molecule has 5 N–H and O–H groups in total. The van der Waals surface area contributed by atoms with E-state index in [9.17, 15) is 9.59 Å². The van der Waals surface area contributed by atoms with Crippen molar-refractivity contribution in [3.63, 3.8) is 0 Å². The largest absolute Gasteiger partial charge is 0.385 e. The second-order valence-corrected chi connectivity index (χ2v) is 8.95. The van der Waals surface area contributed by atoms with Crippen LogP contribution in [0.5, 0.6) is 0 Å². The van der Waals surface area contributed by atoms with Crippen LogP contribution in [0.3, 0.4) is 0 Å². The van der Waals surface area contributed by atoms with Gasteiger partial charge in [-0.2, -0.15) is 0 Å². The SMILES string of the molecule is Nc1nc(-c2ccccc2)c(CCCNc2ccc(CCCCNC(=O)c3ccccc3)cc2)c(=O)[nH]1. The molecule has 4 rings (SSSR count). The predicted octanol–water partition coefficient (Wildman–Crippen LogP) is 4.82. The Balaban J connectivity index is 1.19. The van der Waals surface area contributed by atoms with Gasteiger partial charge in [-0.25, -0.2) is 4.98 Å². The first-order valence-corrected chi connectivity index (χ1v) is 12.7. The number of nitrogens with zero attached hydrogens (tertiary/aromatic N) is 1. The van der Waals surface area contributed by atoms with E-state index < -0.39 is 0 Å². The highest BCUT2D eigenvalue weighted by Gasteiger charge is 2.12. The van der Waals surface area contributed by atoms with Crippen LogP contribution in [0.1, 0.15) is 40.7 Å². The lowest BCUT2D eigenvalue weighted by molar-refractivity contribution is 0.0953. The highest BCUT2D eigenvalue weighted by atomic mass is 16.1. The number of rotatable bonds is 12. The molecular formula is C30H33N5O2. The second-order valence-electron chi connectivity index (χ2n) is 8.95. The Hall–Kier alpha value is -4.39. The van der Waals surface area contributed by atoms with Crippen molar-refractivity contribution in [3.8, 4) is 11.3 Å². The Morgan fingerprint density at radius 3 is 2.24 bits per heavy atom. The van der Waals surface area contributed by atoms with E-state index in [4.69, 9.17) is 5.73 Å². The monoisotopic (exact) mass is 495 g/mol. The molecule has 0 aliphatic heterocycles. The summed E-state index contributed by atoms with van der Waals surface area (Å²) in [4.78, 5) is 31.6. The lowest BCUT2D eigenvalue weighted by Gasteiger charge is -2.11. The first kappa shape index (κ1) is 25.7. The molecule has 1 aromatic heterocycles. The molecule has 0 saturated heterocycles. The number of nitrogens with two attached hydrogens (primary N) is 1. The molecule has 190 valence electrons. The summed E-state index contributed by atoms with van der Waals surface area (Å²) in [6.45, 7) is 1.41. The van der Waals surface area contributed by atoms with Crippen molar-refractivity contribution >= 4 is 17.5 Å². The number of nitrogen functional groups attached to an aromatic ring is 1. The van der Waals surface area contributed by atoms with Crippen molar-refractivity contribution in [2.45, 2.75) is 32.1 Å². The van der Waals surface area contributed by atoms with E-state index in [0.717, 1.165) is 43.5 Å². The second kappa shape index (κ2) is 13.1. The summed E-state index contributed by atoms with van der Waals surface area (Å²) in [6, 6.07) is 27.4. The summed E-state index contributed by atoms with van der Waals surface area (Å²) in [7, 11) is 0. The summed E-state index contributed by atoms with van der Waals surface area (Å²) in [5.74, 6) is 0.104. The number of carbonyl (C=O) groups excluding carboxylic acids is 1. The minimum absolute atomic E-state index is 0.0235. The van der Waals surface area contributed by atoms with Crippen LogP contribution in [0, 0.1) is 0 Å². The van der Waals surface area contributed by atoms with Crippen molar-refractivity contribution in [1.29, 1.82) is 0 Å². The van der Waals surface area contributed by atoms with Gasteiger partial charge in [-0.1, -0.05) is 60.7 Å². The number of carbonyl (C=O) groups is 1. The number of aromatic amines is 1. The lowest BCUT2D eigenvalue weighted by atomic mass is 10.0. The molecule has 37 heavy (non-hydrogen) atoms. The molecule has 0 radical (unpaired) electrons. The number of hydrogen-bond acceptors (Lipinski definition) is 5. The van der Waals surface area contributed by atoms with Crippen LogP contribution in [0.2, 0.25) is 0 Å². The van der Waals surface area contributed by atoms with Crippen LogP contribution in [0.15, 0.2) is 89.7 Å². The van der Waals surface area contributed by atoms with E-state index in [0.29, 0.717) is 29.8 Å². The molecule has 0 unspecified atom stereocenters. The average Bonchev–Trinajstić information content (AvgIpc) is 2.93. The number of nitrogens with one attached hydrogen (secondary N) is 3. The first-order valence-electron chi connectivity index (χ1n) is 12.7. The average molecular weight is 496 g/mol. The van der Waals surface area contributed by atoms with Crippen LogP contribution in [-0.2, 0) is 12.8 Å². The molecule has 0 fully saturated rings. The fraction of sp³-hybridized carbons (Fsp3) is 0.233. The van der Waals surface area contributed by atoms with Crippen molar-refractivity contribution in [3.05, 3.63) is 112 Å². The van der Waals surface area contributed by atoms with Crippen molar-refractivity contribution in [2.24, 2.45) is 0 Å². The van der Waals surface area contributed by atoms with Crippen LogP contribution in [0.4, 0.5) is 11.6 Å². The fourth-order valence-electron chi connectivity index (χ4n) is 4.22. The third-order valence-corrected chi connectivity index (χ3v) is 6.18. The Labute approximate surface area is 217 Å². The zero-order valence-electron chi connectivity index (χ0n) is 20.9. The van der Waals surface area contributed by atoms with Gasteiger partial charge in [-0.15, -0.1) is 0 Å². The van der Waals surface area contributed by atoms with E-state index in [-0.39, 0.29) is 17.4 Å². The quantitative estimate of drug-likeness (QED) is 0.211. The van der Waals surface area contributed by atoms with Gasteiger partial charge in [0.1, 0.15) is 0 Å². The number of anilines is 2. The van der Waals surface area contributed by atoms with Gasteiger partial charge in [-0.05, 0) is 61.9 Å². The van der Waals surface area contributed by atoms with Gasteiger partial charge in [0.25, 0.3) is 11.5 Å². The Bertz CT molecular complexity index is 1340. The Kier molecular flexibility index (Phi) is 9.07. The Morgan fingerprint density at radius 2 is 1.51 bits per heavy atom. The fourth-order valence-corrected chi connectivity index (χ4v) is 4.22. The third kappa shape index (κ3) is 7.54. The molecule has 0 aliphatic rings. The highest BCUT2D eigenvalue weighted by Crippen LogP contribution is 2.20. The molecule has 1 heterocycles. The minimum Gasteiger partial charge on any atom is -0.385 e.